The Hall–Kier alpha value is -4.78. The Labute approximate surface area is 340 Å². The molecule has 0 heterocycles. The molecule has 0 nitrogen and oxygen atoms in total. The first-order valence-corrected chi connectivity index (χ1v) is 22.2. The molecular weight excluding hydrogens is 673 g/mol. The number of aryl methyl sites for hydroxylation is 2. The number of hydrogen-bond acceptors (Lipinski definition) is 0. The van der Waals surface area contributed by atoms with Crippen molar-refractivity contribution < 1.29 is 0 Å². The van der Waals surface area contributed by atoms with Gasteiger partial charge >= 0.3 is 0 Å². The summed E-state index contributed by atoms with van der Waals surface area (Å²) in [6, 6.07) is 32.0. The van der Waals surface area contributed by atoms with E-state index < -0.39 is 0 Å². The van der Waals surface area contributed by atoms with E-state index in [1.165, 1.54) is 132 Å². The van der Waals surface area contributed by atoms with Gasteiger partial charge in [0.05, 0.1) is 0 Å². The van der Waals surface area contributed by atoms with Gasteiger partial charge in [-0.1, -0.05) is 213 Å². The van der Waals surface area contributed by atoms with Crippen molar-refractivity contribution in [2.45, 2.75) is 143 Å². The molecule has 5 rings (SSSR count). The fourth-order valence-corrected chi connectivity index (χ4v) is 7.46. The molecule has 5 aromatic rings. The maximum Gasteiger partial charge on any atom is 0.0403 e. The van der Waals surface area contributed by atoms with E-state index in [9.17, 15) is 0 Å². The van der Waals surface area contributed by atoms with Crippen molar-refractivity contribution in [1.82, 2.24) is 0 Å². The number of rotatable bonds is 20. The zero-order chi connectivity index (χ0) is 39.2. The van der Waals surface area contributed by atoms with Crippen molar-refractivity contribution in [3.63, 3.8) is 0 Å². The van der Waals surface area contributed by atoms with Crippen LogP contribution in [0.5, 0.6) is 0 Å². The van der Waals surface area contributed by atoms with E-state index in [1.54, 1.807) is 0 Å². The van der Waals surface area contributed by atoms with Gasteiger partial charge in [-0.2, -0.15) is 0 Å². The van der Waals surface area contributed by atoms with Gasteiger partial charge in [-0.05, 0) is 106 Å². The molecule has 56 heavy (non-hydrogen) atoms. The third-order valence-electron chi connectivity index (χ3n) is 10.9. The molecule has 0 N–H and O–H groups in total. The smallest absolute Gasteiger partial charge is 0.0403 e. The third-order valence-corrected chi connectivity index (χ3v) is 10.9. The van der Waals surface area contributed by atoms with E-state index in [0.717, 1.165) is 49.7 Å². The quantitative estimate of drug-likeness (QED) is 0.0323. The van der Waals surface area contributed by atoms with Crippen molar-refractivity contribution in [1.29, 1.82) is 0 Å². The van der Waals surface area contributed by atoms with Gasteiger partial charge in [-0.25, -0.2) is 0 Å². The van der Waals surface area contributed by atoms with E-state index >= 15 is 0 Å². The molecule has 0 unspecified atom stereocenters. The summed E-state index contributed by atoms with van der Waals surface area (Å²) in [6.45, 7) is 9.07. The van der Waals surface area contributed by atoms with Gasteiger partial charge in [0.25, 0.3) is 0 Å². The van der Waals surface area contributed by atoms with Crippen LogP contribution in [0.4, 0.5) is 0 Å². The lowest BCUT2D eigenvalue weighted by Gasteiger charge is -2.13. The summed E-state index contributed by atoms with van der Waals surface area (Å²) in [5, 5.41) is 4.79. The molecule has 5 aromatic carbocycles. The van der Waals surface area contributed by atoms with Crippen LogP contribution in [-0.4, -0.2) is 0 Å². The Kier molecular flexibility index (Phi) is 18.1. The average Bonchev–Trinajstić information content (AvgIpc) is 3.23. The van der Waals surface area contributed by atoms with Gasteiger partial charge in [0.15, 0.2) is 0 Å². The lowest BCUT2D eigenvalue weighted by molar-refractivity contribution is 0.679. The van der Waals surface area contributed by atoms with Crippen molar-refractivity contribution in [3.05, 3.63) is 129 Å². The van der Waals surface area contributed by atoms with Crippen LogP contribution < -0.4 is 0 Å². The molecule has 0 radical (unpaired) electrons. The van der Waals surface area contributed by atoms with Crippen LogP contribution >= 0.6 is 0 Å². The maximum atomic E-state index is 3.71. The highest BCUT2D eigenvalue weighted by molar-refractivity contribution is 6.11. The molecule has 0 bridgehead atoms. The van der Waals surface area contributed by atoms with Crippen molar-refractivity contribution in [2.24, 2.45) is 0 Å². The van der Waals surface area contributed by atoms with Gasteiger partial charge in [-0.15, -0.1) is 0 Å². The van der Waals surface area contributed by atoms with Crippen molar-refractivity contribution in [2.75, 3.05) is 0 Å². The first kappa shape index (κ1) is 42.4. The molecule has 0 saturated heterocycles. The Morgan fingerprint density at radius 2 is 0.714 bits per heavy atom. The molecule has 0 fully saturated rings. The van der Waals surface area contributed by atoms with Crippen LogP contribution in [0, 0.1) is 23.7 Å². The highest BCUT2D eigenvalue weighted by Gasteiger charge is 2.13. The monoisotopic (exact) mass is 739 g/mol. The molecule has 0 atom stereocenters. The molecule has 290 valence electrons. The zero-order valence-electron chi connectivity index (χ0n) is 35.1. The highest BCUT2D eigenvalue weighted by Crippen LogP contribution is 2.34. The number of fused-ring (bicyclic) bond motifs is 2. The largest absolute Gasteiger partial charge is 0.0978 e. The normalized spacial score (nSPS) is 11.4. The molecule has 0 aliphatic carbocycles. The van der Waals surface area contributed by atoms with Crippen LogP contribution in [0.3, 0.4) is 0 Å². The van der Waals surface area contributed by atoms with E-state index in [-0.39, 0.29) is 0 Å². The minimum Gasteiger partial charge on any atom is -0.0978 e. The van der Waals surface area contributed by atoms with Gasteiger partial charge in [-0.3, -0.25) is 0 Å². The van der Waals surface area contributed by atoms with Crippen molar-refractivity contribution >= 4 is 45.8 Å². The SMILES string of the molecule is CCCCCCC#Cc1c2ccc(C=Cc3ccc(CCCCC)cc3)cc2c(C#CCCCCCC)c2ccc(C=Cc3ccc(CCCCC)cc3)cc12. The van der Waals surface area contributed by atoms with Gasteiger partial charge < -0.3 is 0 Å². The molecular formula is C56H66. The van der Waals surface area contributed by atoms with Gasteiger partial charge in [0.2, 0.25) is 0 Å². The predicted octanol–water partition coefficient (Wildman–Crippen LogP) is 16.4. The fourth-order valence-electron chi connectivity index (χ4n) is 7.46. The van der Waals surface area contributed by atoms with E-state index in [0.29, 0.717) is 0 Å². The summed E-state index contributed by atoms with van der Waals surface area (Å²) < 4.78 is 0. The first-order valence-electron chi connectivity index (χ1n) is 22.2. The number of hydrogen-bond donors (Lipinski definition) is 0. The van der Waals surface area contributed by atoms with Gasteiger partial charge in [0, 0.05) is 24.0 Å². The molecule has 0 aliphatic rings. The van der Waals surface area contributed by atoms with Crippen molar-refractivity contribution in [3.8, 4) is 23.7 Å². The lowest BCUT2D eigenvalue weighted by atomic mass is 9.89. The fraction of sp³-hybridized carbons (Fsp3) is 0.393. The molecule has 0 amide bonds. The number of benzene rings is 5. The Morgan fingerprint density at radius 3 is 1.11 bits per heavy atom. The molecule has 0 heteroatoms. The summed E-state index contributed by atoms with van der Waals surface area (Å²) in [5.74, 6) is 14.6. The van der Waals surface area contributed by atoms with Crippen LogP contribution in [0.1, 0.15) is 175 Å². The lowest BCUT2D eigenvalue weighted by Crippen LogP contribution is -1.92. The van der Waals surface area contributed by atoms with Gasteiger partial charge in [0.1, 0.15) is 0 Å². The van der Waals surface area contributed by atoms with Crippen LogP contribution in [0.15, 0.2) is 84.9 Å². The Bertz CT molecular complexity index is 1970. The molecule has 0 aliphatic heterocycles. The minimum absolute atomic E-state index is 0.925. The van der Waals surface area contributed by atoms with E-state index in [2.05, 4.69) is 161 Å². The van der Waals surface area contributed by atoms with Crippen LogP contribution in [0.2, 0.25) is 0 Å². The summed E-state index contributed by atoms with van der Waals surface area (Å²) >= 11 is 0. The predicted molar refractivity (Wildman–Crippen MR) is 250 cm³/mol. The highest BCUT2D eigenvalue weighted by atomic mass is 14.2. The third kappa shape index (κ3) is 13.2. The first-order chi connectivity index (χ1) is 27.6. The Balaban J connectivity index is 1.55. The topological polar surface area (TPSA) is 0 Å². The molecule has 0 saturated carbocycles. The summed E-state index contributed by atoms with van der Waals surface area (Å²) in [6.07, 6.45) is 30.6. The maximum absolute atomic E-state index is 3.71. The minimum atomic E-state index is 0.925. The van der Waals surface area contributed by atoms with Crippen LogP contribution in [0.25, 0.3) is 45.8 Å². The van der Waals surface area contributed by atoms with E-state index in [4.69, 9.17) is 0 Å². The second kappa shape index (κ2) is 24.0. The summed E-state index contributed by atoms with van der Waals surface area (Å²) in [7, 11) is 0. The summed E-state index contributed by atoms with van der Waals surface area (Å²) in [4.78, 5) is 0. The average molecular weight is 739 g/mol. The standard InChI is InChI=1S/C56H66/c1-5-9-13-15-17-21-25-51-53-41-39-50(38-36-48-33-29-46(30-34-48)24-20-12-8-4)44-56(53)52(26-22-18-16-14-10-6-2)54-42-40-49(43-55(51)54)37-35-47-31-27-45(28-32-47)23-19-11-7-3/h27-44H,5-20,23-24H2,1-4H3. The second-order valence-electron chi connectivity index (χ2n) is 15.6. The summed E-state index contributed by atoms with van der Waals surface area (Å²) in [5.41, 5.74) is 9.93. The second-order valence-corrected chi connectivity index (χ2v) is 15.6. The molecule has 0 aromatic heterocycles. The zero-order valence-corrected chi connectivity index (χ0v) is 35.1. The molecule has 0 spiro atoms. The Morgan fingerprint density at radius 1 is 0.357 bits per heavy atom. The number of unbranched alkanes of at least 4 members (excludes halogenated alkanes) is 12. The van der Waals surface area contributed by atoms with E-state index in [1.807, 2.05) is 0 Å². The van der Waals surface area contributed by atoms with Crippen LogP contribution in [-0.2, 0) is 12.8 Å².